The minimum atomic E-state index is -4.88. The average molecular weight is 226 g/mol. The predicted octanol–water partition coefficient (Wildman–Crippen LogP) is -0.0734. The highest BCUT2D eigenvalue weighted by Gasteiger charge is 2.38. The molecule has 0 bridgehead atoms. The van der Waals surface area contributed by atoms with Gasteiger partial charge in [-0.15, -0.1) is 0 Å². The van der Waals surface area contributed by atoms with Gasteiger partial charge >= 0.3 is 12.1 Å². The number of nitrogens with two attached hydrogens (primary N) is 1. The summed E-state index contributed by atoms with van der Waals surface area (Å²) in [7, 11) is 0. The molecule has 0 spiro atoms. The second-order valence-electron chi connectivity index (χ2n) is 2.87. The van der Waals surface area contributed by atoms with Crippen LogP contribution < -0.4 is 16.4 Å². The maximum atomic E-state index is 11.8. The highest BCUT2D eigenvalue weighted by atomic mass is 19.4. The number of hydrogen-bond donors (Lipinski definition) is 4. The molecular formula is C7H13F3N4O. The number of nitrogens with one attached hydrogen (secondary N) is 3. The molecule has 0 fully saturated rings. The molecule has 0 saturated carbocycles. The highest BCUT2D eigenvalue weighted by Crippen LogP contribution is 2.13. The van der Waals surface area contributed by atoms with Gasteiger partial charge in [0.2, 0.25) is 0 Å². The van der Waals surface area contributed by atoms with E-state index in [4.69, 9.17) is 11.1 Å². The van der Waals surface area contributed by atoms with Gasteiger partial charge in [-0.25, -0.2) is 0 Å². The first-order valence-corrected chi connectivity index (χ1v) is 4.23. The number of carbonyl (C=O) groups excluding carboxylic acids is 1. The van der Waals surface area contributed by atoms with Crippen LogP contribution in [0, 0.1) is 5.41 Å². The molecule has 0 unspecified atom stereocenters. The molecule has 5 nitrogen and oxygen atoms in total. The fourth-order valence-electron chi connectivity index (χ4n) is 0.833. The standard InChI is InChI=1S/C7H13F3N4O/c1-2-4(14-6(11)12)3-13-5(15)7(8,9)10/h4H,2-3H2,1H3,(H,13,15)(H4,11,12,14)/t4-/m1/s1. The molecule has 0 heterocycles. The first kappa shape index (κ1) is 13.5. The van der Waals surface area contributed by atoms with Gasteiger partial charge in [-0.1, -0.05) is 6.92 Å². The van der Waals surface area contributed by atoms with Crippen LogP contribution in [0.1, 0.15) is 13.3 Å². The van der Waals surface area contributed by atoms with E-state index < -0.39 is 18.1 Å². The Morgan fingerprint density at radius 1 is 1.53 bits per heavy atom. The van der Waals surface area contributed by atoms with E-state index in [1.165, 1.54) is 0 Å². The van der Waals surface area contributed by atoms with E-state index in [2.05, 4.69) is 5.32 Å². The van der Waals surface area contributed by atoms with Crippen LogP contribution in [-0.2, 0) is 4.79 Å². The maximum Gasteiger partial charge on any atom is 0.471 e. The van der Waals surface area contributed by atoms with Crippen LogP contribution in [0.2, 0.25) is 0 Å². The molecule has 8 heteroatoms. The molecule has 0 radical (unpaired) electrons. The van der Waals surface area contributed by atoms with Gasteiger partial charge in [-0.2, -0.15) is 13.2 Å². The van der Waals surface area contributed by atoms with Crippen LogP contribution in [0.4, 0.5) is 13.2 Å². The SMILES string of the molecule is CC[C@H](CNC(=O)C(F)(F)F)NC(=N)N. The Morgan fingerprint density at radius 3 is 2.40 bits per heavy atom. The summed E-state index contributed by atoms with van der Waals surface area (Å²) in [6.45, 7) is 1.47. The van der Waals surface area contributed by atoms with E-state index >= 15 is 0 Å². The van der Waals surface area contributed by atoms with Crippen molar-refractivity contribution in [2.24, 2.45) is 5.73 Å². The van der Waals surface area contributed by atoms with Crippen molar-refractivity contribution < 1.29 is 18.0 Å². The molecule has 0 saturated heterocycles. The number of guanidine groups is 1. The van der Waals surface area contributed by atoms with Crippen LogP contribution in [0.3, 0.4) is 0 Å². The Labute approximate surface area is 84.7 Å². The largest absolute Gasteiger partial charge is 0.471 e. The lowest BCUT2D eigenvalue weighted by Gasteiger charge is -2.17. The third-order valence-corrected chi connectivity index (χ3v) is 1.62. The summed E-state index contributed by atoms with van der Waals surface area (Å²) in [5, 5.41) is 11.0. The number of rotatable bonds is 4. The summed E-state index contributed by atoms with van der Waals surface area (Å²) in [5.41, 5.74) is 5.00. The van der Waals surface area contributed by atoms with Crippen molar-refractivity contribution in [2.45, 2.75) is 25.6 Å². The molecule has 0 aliphatic carbocycles. The van der Waals surface area contributed by atoms with Gasteiger partial charge < -0.3 is 16.4 Å². The van der Waals surface area contributed by atoms with Crippen molar-refractivity contribution in [3.05, 3.63) is 0 Å². The second kappa shape index (κ2) is 5.42. The van der Waals surface area contributed by atoms with Gasteiger partial charge in [0.05, 0.1) is 0 Å². The predicted molar refractivity (Wildman–Crippen MR) is 48.2 cm³/mol. The number of alkyl halides is 3. The molecule has 0 aliphatic heterocycles. The maximum absolute atomic E-state index is 11.8. The average Bonchev–Trinajstić information content (AvgIpc) is 2.09. The van der Waals surface area contributed by atoms with E-state index in [1.54, 1.807) is 12.2 Å². The van der Waals surface area contributed by atoms with Gasteiger partial charge in [-0.3, -0.25) is 10.2 Å². The normalized spacial score (nSPS) is 13.1. The third kappa shape index (κ3) is 5.76. The summed E-state index contributed by atoms with van der Waals surface area (Å²) in [4.78, 5) is 10.4. The molecular weight excluding hydrogens is 213 g/mol. The van der Waals surface area contributed by atoms with Crippen molar-refractivity contribution in [1.29, 1.82) is 5.41 Å². The molecule has 0 aliphatic rings. The zero-order valence-electron chi connectivity index (χ0n) is 8.11. The molecule has 0 rings (SSSR count). The van der Waals surface area contributed by atoms with Crippen LogP contribution in [0.5, 0.6) is 0 Å². The summed E-state index contributed by atoms with van der Waals surface area (Å²) in [5.74, 6) is -2.34. The minimum Gasteiger partial charge on any atom is -0.370 e. The topological polar surface area (TPSA) is 91.0 Å². The first-order chi connectivity index (χ1) is 6.77. The fraction of sp³-hybridized carbons (Fsp3) is 0.714. The molecule has 5 N–H and O–H groups in total. The van der Waals surface area contributed by atoms with Crippen LogP contribution in [0.15, 0.2) is 0 Å². The van der Waals surface area contributed by atoms with E-state index in [0.717, 1.165) is 0 Å². The van der Waals surface area contributed by atoms with Crippen molar-refractivity contribution >= 4 is 11.9 Å². The molecule has 0 aromatic carbocycles. The van der Waals surface area contributed by atoms with Crippen LogP contribution >= 0.6 is 0 Å². The number of amides is 1. The Kier molecular flexibility index (Phi) is 4.89. The van der Waals surface area contributed by atoms with Crippen LogP contribution in [-0.4, -0.2) is 30.6 Å². The summed E-state index contributed by atoms with van der Waals surface area (Å²) in [6.07, 6.45) is -4.44. The van der Waals surface area contributed by atoms with Gasteiger partial charge in [0.1, 0.15) is 0 Å². The molecule has 1 atom stereocenters. The lowest BCUT2D eigenvalue weighted by Crippen LogP contribution is -2.48. The Bertz CT molecular complexity index is 241. The molecule has 0 aromatic rings. The van der Waals surface area contributed by atoms with E-state index in [9.17, 15) is 18.0 Å². The Morgan fingerprint density at radius 2 is 2.07 bits per heavy atom. The summed E-state index contributed by atoms with van der Waals surface area (Å²) in [6, 6.07) is -0.478. The number of halogens is 3. The highest BCUT2D eigenvalue weighted by molar-refractivity contribution is 5.81. The van der Waals surface area contributed by atoms with E-state index in [1.807, 2.05) is 0 Å². The number of hydrogen-bond acceptors (Lipinski definition) is 2. The van der Waals surface area contributed by atoms with Gasteiger partial charge in [0.15, 0.2) is 5.96 Å². The summed E-state index contributed by atoms with van der Waals surface area (Å²) < 4.78 is 35.3. The van der Waals surface area contributed by atoms with Gasteiger partial charge in [0, 0.05) is 12.6 Å². The second-order valence-corrected chi connectivity index (χ2v) is 2.87. The van der Waals surface area contributed by atoms with E-state index in [-0.39, 0.29) is 12.5 Å². The third-order valence-electron chi connectivity index (χ3n) is 1.62. The zero-order valence-corrected chi connectivity index (χ0v) is 8.11. The minimum absolute atomic E-state index is 0.228. The van der Waals surface area contributed by atoms with Gasteiger partial charge in [-0.05, 0) is 6.42 Å². The molecule has 0 aromatic heterocycles. The number of carbonyl (C=O) groups is 1. The molecule has 15 heavy (non-hydrogen) atoms. The fourth-order valence-corrected chi connectivity index (χ4v) is 0.833. The van der Waals surface area contributed by atoms with Crippen molar-refractivity contribution in [3.63, 3.8) is 0 Å². The lowest BCUT2D eigenvalue weighted by molar-refractivity contribution is -0.173. The van der Waals surface area contributed by atoms with Crippen LogP contribution in [0.25, 0.3) is 0 Å². The monoisotopic (exact) mass is 226 g/mol. The van der Waals surface area contributed by atoms with Crippen molar-refractivity contribution in [2.75, 3.05) is 6.54 Å². The lowest BCUT2D eigenvalue weighted by atomic mass is 10.2. The summed E-state index contributed by atoms with van der Waals surface area (Å²) >= 11 is 0. The zero-order chi connectivity index (χ0) is 12.1. The van der Waals surface area contributed by atoms with Crippen molar-refractivity contribution in [3.8, 4) is 0 Å². The smallest absolute Gasteiger partial charge is 0.370 e. The first-order valence-electron chi connectivity index (χ1n) is 4.23. The van der Waals surface area contributed by atoms with Gasteiger partial charge in [0.25, 0.3) is 0 Å². The van der Waals surface area contributed by atoms with Crippen molar-refractivity contribution in [1.82, 2.24) is 10.6 Å². The van der Waals surface area contributed by atoms with E-state index in [0.29, 0.717) is 6.42 Å². The Balaban J connectivity index is 4.01. The molecule has 88 valence electrons. The Hall–Kier alpha value is -1.47. The quantitative estimate of drug-likeness (QED) is 0.399. The molecule has 1 amide bonds.